The Morgan fingerprint density at radius 1 is 1.50 bits per heavy atom. The van der Waals surface area contributed by atoms with Crippen molar-refractivity contribution < 1.29 is 0 Å². The zero-order valence-electron chi connectivity index (χ0n) is 4.59. The summed E-state index contributed by atoms with van der Waals surface area (Å²) in [5.41, 5.74) is 0. The third-order valence-corrected chi connectivity index (χ3v) is 0.869. The van der Waals surface area contributed by atoms with Crippen LogP contribution in [0, 0.1) is 35.5 Å². The summed E-state index contributed by atoms with van der Waals surface area (Å²) in [6, 6.07) is 3.87. The van der Waals surface area contributed by atoms with E-state index in [2.05, 4.69) is 6.92 Å². The highest BCUT2D eigenvalue weighted by atomic mass is 14.3. The molecule has 2 heteroatoms. The molecule has 0 heterocycles. The van der Waals surface area contributed by atoms with Gasteiger partial charge in [0, 0.05) is 0 Å². The van der Waals surface area contributed by atoms with Crippen molar-refractivity contribution in [3.05, 3.63) is 6.92 Å². The number of nitriles is 2. The third-order valence-electron chi connectivity index (χ3n) is 0.869. The van der Waals surface area contributed by atoms with Gasteiger partial charge in [-0.3, -0.25) is 0 Å². The zero-order chi connectivity index (χ0) is 6.41. The lowest BCUT2D eigenvalue weighted by Gasteiger charge is -1.93. The Morgan fingerprint density at radius 3 is 2.25 bits per heavy atom. The lowest BCUT2D eigenvalue weighted by atomic mass is 10.1. The molecule has 0 aromatic heterocycles. The summed E-state index contributed by atoms with van der Waals surface area (Å²) in [7, 11) is 0. The van der Waals surface area contributed by atoms with Gasteiger partial charge in [0.1, 0.15) is 0 Å². The molecule has 2 nitrogen and oxygen atoms in total. The summed E-state index contributed by atoms with van der Waals surface area (Å²) < 4.78 is 0. The van der Waals surface area contributed by atoms with E-state index in [0.717, 1.165) is 0 Å². The Labute approximate surface area is 49.3 Å². The maximum Gasteiger partial charge on any atom is 0.0666 e. The standard InChI is InChI=1S/C6H7N2/c1-2-6(5-8)3-4-7/h6H,1-3H2. The zero-order valence-corrected chi connectivity index (χ0v) is 4.59. The van der Waals surface area contributed by atoms with Gasteiger partial charge in [-0.25, -0.2) is 0 Å². The highest BCUT2D eigenvalue weighted by Gasteiger charge is 2.00. The molecule has 0 saturated carbocycles. The predicted molar refractivity (Wildman–Crippen MR) is 29.3 cm³/mol. The molecule has 0 aliphatic heterocycles. The van der Waals surface area contributed by atoms with Gasteiger partial charge >= 0.3 is 0 Å². The van der Waals surface area contributed by atoms with Gasteiger partial charge in [0.2, 0.25) is 0 Å². The minimum atomic E-state index is -0.167. The Morgan fingerprint density at radius 2 is 2.12 bits per heavy atom. The second-order valence-electron chi connectivity index (χ2n) is 1.48. The molecule has 1 unspecified atom stereocenters. The molecule has 0 aliphatic rings. The molecule has 0 N–H and O–H groups in total. The number of rotatable bonds is 2. The second kappa shape index (κ2) is 4.15. The first-order chi connectivity index (χ1) is 3.85. The molecule has 1 atom stereocenters. The number of hydrogen-bond acceptors (Lipinski definition) is 2. The van der Waals surface area contributed by atoms with Crippen molar-refractivity contribution in [2.45, 2.75) is 12.8 Å². The lowest BCUT2D eigenvalue weighted by molar-refractivity contribution is 0.695. The quantitative estimate of drug-likeness (QED) is 0.533. The van der Waals surface area contributed by atoms with E-state index in [4.69, 9.17) is 10.5 Å². The van der Waals surface area contributed by atoms with Crippen molar-refractivity contribution in [1.29, 1.82) is 10.5 Å². The average Bonchev–Trinajstić information content (AvgIpc) is 1.83. The summed E-state index contributed by atoms with van der Waals surface area (Å²) in [5, 5.41) is 16.3. The fourth-order valence-electron chi connectivity index (χ4n) is 0.322. The molecule has 41 valence electrons. The molecular weight excluding hydrogens is 100 g/mol. The van der Waals surface area contributed by atoms with E-state index in [-0.39, 0.29) is 5.92 Å². The monoisotopic (exact) mass is 107 g/mol. The maximum atomic E-state index is 8.22. The number of nitrogens with zero attached hydrogens (tertiary/aromatic N) is 2. The van der Waals surface area contributed by atoms with Crippen molar-refractivity contribution >= 4 is 0 Å². The highest BCUT2D eigenvalue weighted by molar-refractivity contribution is 4.89. The van der Waals surface area contributed by atoms with Gasteiger partial charge in [0.25, 0.3) is 0 Å². The minimum Gasteiger partial charge on any atom is -0.198 e. The average molecular weight is 107 g/mol. The van der Waals surface area contributed by atoms with E-state index in [9.17, 15) is 0 Å². The first-order valence-corrected chi connectivity index (χ1v) is 2.41. The Kier molecular flexibility index (Phi) is 3.62. The van der Waals surface area contributed by atoms with Crippen LogP contribution >= 0.6 is 0 Å². The summed E-state index contributed by atoms with van der Waals surface area (Å²) in [5.74, 6) is -0.167. The maximum absolute atomic E-state index is 8.22. The second-order valence-corrected chi connectivity index (χ2v) is 1.48. The molecule has 8 heavy (non-hydrogen) atoms. The van der Waals surface area contributed by atoms with E-state index in [1.807, 2.05) is 12.1 Å². The predicted octanol–water partition coefficient (Wildman–Crippen LogP) is 1.26. The Bertz CT molecular complexity index is 126. The lowest BCUT2D eigenvalue weighted by Crippen LogP contribution is -1.90. The molecule has 0 saturated heterocycles. The van der Waals surface area contributed by atoms with E-state index < -0.39 is 0 Å². The van der Waals surface area contributed by atoms with Gasteiger partial charge in [-0.2, -0.15) is 10.5 Å². The minimum absolute atomic E-state index is 0.167. The molecule has 0 bridgehead atoms. The van der Waals surface area contributed by atoms with Gasteiger partial charge in [0.05, 0.1) is 24.5 Å². The summed E-state index contributed by atoms with van der Waals surface area (Å²) in [4.78, 5) is 0. The summed E-state index contributed by atoms with van der Waals surface area (Å²) in [6.45, 7) is 3.50. The summed E-state index contributed by atoms with van der Waals surface area (Å²) in [6.07, 6.45) is 0.837. The van der Waals surface area contributed by atoms with Gasteiger partial charge < -0.3 is 0 Å². The molecule has 0 aromatic carbocycles. The van der Waals surface area contributed by atoms with Crippen LogP contribution in [-0.4, -0.2) is 0 Å². The molecule has 0 aromatic rings. The fourth-order valence-corrected chi connectivity index (χ4v) is 0.322. The van der Waals surface area contributed by atoms with Crippen LogP contribution in [0.4, 0.5) is 0 Å². The van der Waals surface area contributed by atoms with E-state index in [0.29, 0.717) is 12.8 Å². The Balaban J connectivity index is 3.45. The van der Waals surface area contributed by atoms with Crippen LogP contribution in [0.15, 0.2) is 0 Å². The largest absolute Gasteiger partial charge is 0.198 e. The van der Waals surface area contributed by atoms with Crippen molar-refractivity contribution in [2.75, 3.05) is 0 Å². The van der Waals surface area contributed by atoms with E-state index in [1.165, 1.54) is 0 Å². The normalized spacial score (nSPS) is 11.4. The van der Waals surface area contributed by atoms with Crippen LogP contribution in [0.2, 0.25) is 0 Å². The van der Waals surface area contributed by atoms with E-state index >= 15 is 0 Å². The molecule has 0 aliphatic carbocycles. The first-order valence-electron chi connectivity index (χ1n) is 2.41. The Hall–Kier alpha value is -1.02. The molecule has 0 rings (SSSR count). The van der Waals surface area contributed by atoms with Crippen molar-refractivity contribution in [2.24, 2.45) is 5.92 Å². The van der Waals surface area contributed by atoms with Crippen molar-refractivity contribution in [3.63, 3.8) is 0 Å². The SMILES string of the molecule is [CH2]CC(C#N)CC#N. The molecule has 1 radical (unpaired) electrons. The first kappa shape index (κ1) is 6.98. The van der Waals surface area contributed by atoms with E-state index in [1.54, 1.807) is 0 Å². The smallest absolute Gasteiger partial charge is 0.0666 e. The third kappa shape index (κ3) is 2.21. The van der Waals surface area contributed by atoms with Gasteiger partial charge in [-0.15, -0.1) is 0 Å². The van der Waals surface area contributed by atoms with Gasteiger partial charge in [0.15, 0.2) is 0 Å². The topological polar surface area (TPSA) is 47.6 Å². The van der Waals surface area contributed by atoms with Crippen LogP contribution < -0.4 is 0 Å². The highest BCUT2D eigenvalue weighted by Crippen LogP contribution is 2.02. The van der Waals surface area contributed by atoms with Crippen LogP contribution in [-0.2, 0) is 0 Å². The fraction of sp³-hybridized carbons (Fsp3) is 0.500. The number of hydrogen-bond donors (Lipinski definition) is 0. The molecular formula is C6H7N2. The molecule has 0 fully saturated rings. The van der Waals surface area contributed by atoms with Gasteiger partial charge in [-0.05, 0) is 6.42 Å². The van der Waals surface area contributed by atoms with Crippen LogP contribution in [0.25, 0.3) is 0 Å². The van der Waals surface area contributed by atoms with Gasteiger partial charge in [-0.1, -0.05) is 6.92 Å². The summed E-state index contributed by atoms with van der Waals surface area (Å²) >= 11 is 0. The van der Waals surface area contributed by atoms with Crippen molar-refractivity contribution in [1.82, 2.24) is 0 Å². The molecule has 0 spiro atoms. The van der Waals surface area contributed by atoms with Crippen LogP contribution in [0.5, 0.6) is 0 Å². The molecule has 0 amide bonds. The van der Waals surface area contributed by atoms with Crippen molar-refractivity contribution in [3.8, 4) is 12.1 Å². The van der Waals surface area contributed by atoms with Crippen LogP contribution in [0.3, 0.4) is 0 Å². The van der Waals surface area contributed by atoms with Crippen LogP contribution in [0.1, 0.15) is 12.8 Å².